The molecule has 1 N–H and O–H groups in total. The van der Waals surface area contributed by atoms with E-state index in [1.165, 1.54) is 0 Å². The smallest absolute Gasteiger partial charge is 0.358 e. The molecule has 7 nitrogen and oxygen atoms in total. The Bertz CT molecular complexity index is 572. The lowest BCUT2D eigenvalue weighted by Gasteiger charge is -2.04. The van der Waals surface area contributed by atoms with Crippen molar-refractivity contribution in [1.29, 1.82) is 0 Å². The van der Waals surface area contributed by atoms with Crippen LogP contribution in [0.25, 0.3) is 11.3 Å². The Morgan fingerprint density at radius 1 is 1.42 bits per heavy atom. The van der Waals surface area contributed by atoms with Crippen molar-refractivity contribution < 1.29 is 9.90 Å². The summed E-state index contributed by atoms with van der Waals surface area (Å²) in [5, 5.41) is 21.0. The van der Waals surface area contributed by atoms with Gasteiger partial charge in [0.25, 0.3) is 0 Å². The number of aromatic carboxylic acids is 1. The van der Waals surface area contributed by atoms with Gasteiger partial charge in [-0.25, -0.2) is 9.48 Å². The van der Waals surface area contributed by atoms with Gasteiger partial charge in [-0.1, -0.05) is 18.6 Å². The van der Waals surface area contributed by atoms with Crippen molar-refractivity contribution >= 4 is 5.97 Å². The van der Waals surface area contributed by atoms with Crippen molar-refractivity contribution in [1.82, 2.24) is 24.8 Å². The monoisotopic (exact) mass is 263 g/mol. The van der Waals surface area contributed by atoms with Crippen molar-refractivity contribution in [2.75, 3.05) is 0 Å². The maximum atomic E-state index is 11.2. The van der Waals surface area contributed by atoms with Gasteiger partial charge in [-0.3, -0.25) is 4.68 Å². The number of aromatic nitrogens is 5. The second-order valence-corrected chi connectivity index (χ2v) is 4.25. The first-order chi connectivity index (χ1) is 9.17. The number of hydrogen-bond acceptors (Lipinski definition) is 4. The Kier molecular flexibility index (Phi) is 3.94. The van der Waals surface area contributed by atoms with E-state index in [0.29, 0.717) is 12.2 Å². The van der Waals surface area contributed by atoms with E-state index in [2.05, 4.69) is 22.3 Å². The van der Waals surface area contributed by atoms with E-state index < -0.39 is 5.97 Å². The van der Waals surface area contributed by atoms with Gasteiger partial charge in [0, 0.05) is 24.8 Å². The van der Waals surface area contributed by atoms with E-state index in [9.17, 15) is 9.90 Å². The van der Waals surface area contributed by atoms with E-state index in [-0.39, 0.29) is 5.69 Å². The highest BCUT2D eigenvalue weighted by Crippen LogP contribution is 2.22. The Morgan fingerprint density at radius 2 is 2.21 bits per heavy atom. The van der Waals surface area contributed by atoms with E-state index in [0.717, 1.165) is 24.9 Å². The Morgan fingerprint density at radius 3 is 2.79 bits per heavy atom. The minimum atomic E-state index is -1.07. The minimum Gasteiger partial charge on any atom is -0.476 e. The Labute approximate surface area is 110 Å². The lowest BCUT2D eigenvalue weighted by Crippen LogP contribution is -2.04. The lowest BCUT2D eigenvalue weighted by molar-refractivity contribution is 0.0691. The highest BCUT2D eigenvalue weighted by Gasteiger charge is 2.21. The number of carboxylic acids is 1. The first-order valence-electron chi connectivity index (χ1n) is 6.37. The standard InChI is InChI=1S/C12H17N5O2/c1-3-5-6-17-11(10(12(18)19)14-15-17)9-7-13-16(4-2)8-9/h7-8H,3-6H2,1-2H3,(H,18,19). The summed E-state index contributed by atoms with van der Waals surface area (Å²) in [5.74, 6) is -1.07. The molecule has 0 bridgehead atoms. The van der Waals surface area contributed by atoms with E-state index in [1.807, 2.05) is 13.1 Å². The molecule has 2 aromatic rings. The zero-order chi connectivity index (χ0) is 13.8. The number of carboxylic acid groups (broad SMARTS) is 1. The molecule has 2 heterocycles. The highest BCUT2D eigenvalue weighted by molar-refractivity contribution is 5.92. The summed E-state index contributed by atoms with van der Waals surface area (Å²) >= 11 is 0. The van der Waals surface area contributed by atoms with Crippen LogP contribution in [0.3, 0.4) is 0 Å². The number of rotatable bonds is 6. The fourth-order valence-electron chi connectivity index (χ4n) is 1.87. The van der Waals surface area contributed by atoms with Gasteiger partial charge in [0.05, 0.1) is 6.20 Å². The van der Waals surface area contributed by atoms with Crippen molar-refractivity contribution in [3.05, 3.63) is 18.1 Å². The molecule has 0 amide bonds. The largest absolute Gasteiger partial charge is 0.476 e. The number of carbonyl (C=O) groups is 1. The molecular weight excluding hydrogens is 246 g/mol. The van der Waals surface area contributed by atoms with Crippen molar-refractivity contribution in [3.8, 4) is 11.3 Å². The summed E-state index contributed by atoms with van der Waals surface area (Å²) < 4.78 is 3.39. The van der Waals surface area contributed by atoms with Crippen LogP contribution in [0.1, 0.15) is 37.2 Å². The molecule has 0 atom stereocenters. The molecule has 0 saturated carbocycles. The molecule has 102 valence electrons. The molecule has 0 unspecified atom stereocenters. The van der Waals surface area contributed by atoms with Crippen LogP contribution in [0.15, 0.2) is 12.4 Å². The molecule has 0 radical (unpaired) electrons. The number of aryl methyl sites for hydroxylation is 2. The number of nitrogens with zero attached hydrogens (tertiary/aromatic N) is 5. The van der Waals surface area contributed by atoms with Gasteiger partial charge in [0.15, 0.2) is 5.69 Å². The van der Waals surface area contributed by atoms with Crippen LogP contribution in [0.2, 0.25) is 0 Å². The van der Waals surface area contributed by atoms with Gasteiger partial charge < -0.3 is 5.11 Å². The third-order valence-corrected chi connectivity index (χ3v) is 2.89. The summed E-state index contributed by atoms with van der Waals surface area (Å²) in [7, 11) is 0. The van der Waals surface area contributed by atoms with Gasteiger partial charge in [0.2, 0.25) is 0 Å². The predicted molar refractivity (Wildman–Crippen MR) is 68.8 cm³/mol. The predicted octanol–water partition coefficient (Wildman–Crippen LogP) is 1.66. The first-order valence-corrected chi connectivity index (χ1v) is 6.37. The van der Waals surface area contributed by atoms with Crippen LogP contribution in [0, 0.1) is 0 Å². The molecule has 0 aromatic carbocycles. The van der Waals surface area contributed by atoms with E-state index in [1.54, 1.807) is 15.6 Å². The van der Waals surface area contributed by atoms with E-state index in [4.69, 9.17) is 0 Å². The van der Waals surface area contributed by atoms with Gasteiger partial charge in [-0.05, 0) is 13.3 Å². The van der Waals surface area contributed by atoms with Crippen LogP contribution in [-0.2, 0) is 13.1 Å². The average molecular weight is 263 g/mol. The molecule has 0 aliphatic rings. The third kappa shape index (κ3) is 2.64. The zero-order valence-electron chi connectivity index (χ0n) is 11.1. The van der Waals surface area contributed by atoms with Gasteiger partial charge in [0.1, 0.15) is 5.69 Å². The fraction of sp³-hybridized carbons (Fsp3) is 0.500. The van der Waals surface area contributed by atoms with Crippen LogP contribution in [-0.4, -0.2) is 35.9 Å². The zero-order valence-corrected chi connectivity index (χ0v) is 11.1. The van der Waals surface area contributed by atoms with Crippen molar-refractivity contribution in [3.63, 3.8) is 0 Å². The topological polar surface area (TPSA) is 85.8 Å². The molecule has 0 aliphatic heterocycles. The van der Waals surface area contributed by atoms with Crippen LogP contribution in [0.4, 0.5) is 0 Å². The second-order valence-electron chi connectivity index (χ2n) is 4.25. The van der Waals surface area contributed by atoms with Gasteiger partial charge in [-0.15, -0.1) is 5.10 Å². The number of unbranched alkanes of at least 4 members (excludes halogenated alkanes) is 1. The molecule has 0 spiro atoms. The fourth-order valence-corrected chi connectivity index (χ4v) is 1.87. The molecule has 0 aliphatic carbocycles. The maximum Gasteiger partial charge on any atom is 0.358 e. The normalized spacial score (nSPS) is 10.8. The summed E-state index contributed by atoms with van der Waals surface area (Å²) in [6.07, 6.45) is 5.40. The summed E-state index contributed by atoms with van der Waals surface area (Å²) in [6, 6.07) is 0. The van der Waals surface area contributed by atoms with E-state index >= 15 is 0 Å². The van der Waals surface area contributed by atoms with Gasteiger partial charge >= 0.3 is 5.97 Å². The molecule has 19 heavy (non-hydrogen) atoms. The van der Waals surface area contributed by atoms with Crippen molar-refractivity contribution in [2.45, 2.75) is 39.8 Å². The molecular formula is C12H17N5O2. The first kappa shape index (κ1) is 13.3. The summed E-state index contributed by atoms with van der Waals surface area (Å²) in [5.41, 5.74) is 1.24. The van der Waals surface area contributed by atoms with Crippen molar-refractivity contribution in [2.24, 2.45) is 0 Å². The SMILES string of the molecule is CCCCn1nnc(C(=O)O)c1-c1cnn(CC)c1. The molecule has 0 fully saturated rings. The van der Waals surface area contributed by atoms with Crippen LogP contribution in [0.5, 0.6) is 0 Å². The Hall–Kier alpha value is -2.18. The summed E-state index contributed by atoms with van der Waals surface area (Å²) in [6.45, 7) is 5.44. The van der Waals surface area contributed by atoms with Crippen LogP contribution < -0.4 is 0 Å². The van der Waals surface area contributed by atoms with Crippen LogP contribution >= 0.6 is 0 Å². The molecule has 2 aromatic heterocycles. The second kappa shape index (κ2) is 5.64. The minimum absolute atomic E-state index is 0.0215. The highest BCUT2D eigenvalue weighted by atomic mass is 16.4. The lowest BCUT2D eigenvalue weighted by atomic mass is 10.2. The molecule has 2 rings (SSSR count). The number of hydrogen-bond donors (Lipinski definition) is 1. The van der Waals surface area contributed by atoms with Gasteiger partial charge in [-0.2, -0.15) is 5.10 Å². The average Bonchev–Trinajstić information content (AvgIpc) is 3.01. The molecule has 7 heteroatoms. The molecule has 0 saturated heterocycles. The Balaban J connectivity index is 2.44. The summed E-state index contributed by atoms with van der Waals surface area (Å²) in [4.78, 5) is 11.2. The maximum absolute atomic E-state index is 11.2. The third-order valence-electron chi connectivity index (χ3n) is 2.89. The quantitative estimate of drug-likeness (QED) is 0.856.